The first-order valence-corrected chi connectivity index (χ1v) is 17.7. The van der Waals surface area contributed by atoms with E-state index < -0.39 is 12.0 Å². The first-order valence-electron chi connectivity index (χ1n) is 15.4. The molecule has 0 saturated heterocycles. The molecule has 252 valence electrons. The Morgan fingerprint density at radius 2 is 1.79 bits per heavy atom. The molecule has 48 heavy (non-hydrogen) atoms. The second kappa shape index (κ2) is 15.6. The lowest BCUT2D eigenvalue weighted by Gasteiger charge is -2.25. The predicted molar refractivity (Wildman–Crippen MR) is 195 cm³/mol. The van der Waals surface area contributed by atoms with Gasteiger partial charge in [-0.05, 0) is 116 Å². The Bertz CT molecular complexity index is 2040. The molecule has 0 fully saturated rings. The number of allylic oxidation sites excluding steroid dienone is 1. The molecule has 12 heteroatoms. The molecule has 1 aromatic heterocycles. The van der Waals surface area contributed by atoms with Crippen LogP contribution in [-0.2, 0) is 16.1 Å². The van der Waals surface area contributed by atoms with Crippen molar-refractivity contribution in [1.29, 1.82) is 0 Å². The van der Waals surface area contributed by atoms with E-state index in [1.807, 2.05) is 63.2 Å². The maximum atomic E-state index is 14.2. The minimum absolute atomic E-state index is 0.0740. The Labute approximate surface area is 301 Å². The number of aromatic nitrogens is 1. The Morgan fingerprint density at radius 3 is 2.46 bits per heavy atom. The molecule has 2 heterocycles. The highest BCUT2D eigenvalue weighted by Gasteiger charge is 2.34. The monoisotopic (exact) mass is 802 g/mol. The van der Waals surface area contributed by atoms with Gasteiger partial charge in [-0.25, -0.2) is 9.79 Å². The zero-order valence-corrected chi connectivity index (χ0v) is 31.2. The fourth-order valence-corrected chi connectivity index (χ4v) is 7.23. The lowest BCUT2D eigenvalue weighted by molar-refractivity contribution is -0.139. The number of fused-ring (bicyclic) bond motifs is 1. The highest BCUT2D eigenvalue weighted by atomic mass is 127. The van der Waals surface area contributed by atoms with E-state index in [0.29, 0.717) is 61.8 Å². The number of hydrogen-bond donors (Lipinski definition) is 0. The summed E-state index contributed by atoms with van der Waals surface area (Å²) in [6.45, 7) is 10.2. The third kappa shape index (κ3) is 7.74. The van der Waals surface area contributed by atoms with Crippen molar-refractivity contribution in [2.24, 2.45) is 4.99 Å². The number of nitrogens with zero attached hydrogens (tertiary/aromatic N) is 2. The number of methoxy groups -OCH3 is 1. The number of hydrogen-bond acceptors (Lipinski definition) is 9. The zero-order valence-electron chi connectivity index (χ0n) is 27.5. The second-order valence-corrected chi connectivity index (χ2v) is 13.7. The van der Waals surface area contributed by atoms with Crippen LogP contribution in [0.5, 0.6) is 23.0 Å². The molecule has 0 spiro atoms. The van der Waals surface area contributed by atoms with Crippen LogP contribution < -0.4 is 33.8 Å². The molecule has 0 N–H and O–H groups in total. The number of carbonyl (C=O) groups excluding carboxylic acids is 1. The van der Waals surface area contributed by atoms with Crippen LogP contribution in [0, 0.1) is 3.57 Å². The van der Waals surface area contributed by atoms with Gasteiger partial charge in [0, 0.05) is 5.02 Å². The topological polar surface area (TPSA) is 97.6 Å². The van der Waals surface area contributed by atoms with Crippen molar-refractivity contribution in [1.82, 2.24) is 4.57 Å². The number of esters is 1. The molecule has 0 aliphatic carbocycles. The third-order valence-corrected chi connectivity index (χ3v) is 9.35. The molecule has 3 aromatic carbocycles. The van der Waals surface area contributed by atoms with Crippen molar-refractivity contribution < 1.29 is 28.5 Å². The summed E-state index contributed by atoms with van der Waals surface area (Å²) in [7, 11) is 1.55. The Morgan fingerprint density at radius 1 is 1.04 bits per heavy atom. The molecule has 0 amide bonds. The highest BCUT2D eigenvalue weighted by Crippen LogP contribution is 2.37. The summed E-state index contributed by atoms with van der Waals surface area (Å²) in [5.74, 6) is 1.68. The highest BCUT2D eigenvalue weighted by molar-refractivity contribution is 14.1. The van der Waals surface area contributed by atoms with Crippen molar-refractivity contribution in [2.45, 2.75) is 53.4 Å². The lowest BCUT2D eigenvalue weighted by atomic mass is 9.95. The second-order valence-electron chi connectivity index (χ2n) is 11.1. The van der Waals surface area contributed by atoms with Crippen LogP contribution in [0.3, 0.4) is 0 Å². The van der Waals surface area contributed by atoms with E-state index in [2.05, 4.69) is 22.6 Å². The Kier molecular flexibility index (Phi) is 11.5. The van der Waals surface area contributed by atoms with Gasteiger partial charge in [-0.1, -0.05) is 41.1 Å². The summed E-state index contributed by atoms with van der Waals surface area (Å²) in [4.78, 5) is 32.7. The summed E-state index contributed by atoms with van der Waals surface area (Å²) < 4.78 is 32.0. The third-order valence-electron chi connectivity index (χ3n) is 7.31. The SMILES string of the molecule is CCOC(=O)C1=C(C)N=c2s/c(=C/c3cc(I)c(OCc4ccc(Cl)cc4)c(OCC)c3)c(=O)n2[C@@H]1c1ccc(OC(C)C)c(OC)c1. The van der Waals surface area contributed by atoms with Crippen LogP contribution in [0.25, 0.3) is 6.08 Å². The van der Waals surface area contributed by atoms with Crippen molar-refractivity contribution in [3.8, 4) is 23.0 Å². The molecular formula is C36H36ClIN2O7S. The normalized spacial score (nSPS) is 14.4. The van der Waals surface area contributed by atoms with Crippen LogP contribution in [-0.4, -0.2) is 37.0 Å². The van der Waals surface area contributed by atoms with Crippen LogP contribution in [0.15, 0.2) is 75.7 Å². The standard InChI is InChI=1S/C36H36ClIN2O7S/c1-7-44-29-16-23(15-26(38)33(29)46-19-22-9-12-25(37)13-10-22)17-30-34(41)40-32(24-11-14-27(47-20(3)4)28(18-24)43-6)31(35(42)45-8-2)21(5)39-36(40)48-30/h9-18,20,32H,7-8,19H2,1-6H3/b30-17+/t32-/m1/s1. The maximum absolute atomic E-state index is 14.2. The van der Waals surface area contributed by atoms with E-state index in [9.17, 15) is 9.59 Å². The minimum Gasteiger partial charge on any atom is -0.493 e. The molecule has 1 atom stereocenters. The van der Waals surface area contributed by atoms with Gasteiger partial charge in [0.1, 0.15) is 6.61 Å². The predicted octanol–water partition coefficient (Wildman–Crippen LogP) is 6.83. The van der Waals surface area contributed by atoms with E-state index in [0.717, 1.165) is 14.7 Å². The number of benzene rings is 3. The van der Waals surface area contributed by atoms with Crippen molar-refractivity contribution in [2.75, 3.05) is 20.3 Å². The van der Waals surface area contributed by atoms with Crippen molar-refractivity contribution >= 4 is 57.6 Å². The molecule has 5 rings (SSSR count). The molecule has 0 unspecified atom stereocenters. The Balaban J connectivity index is 1.60. The molecule has 9 nitrogen and oxygen atoms in total. The van der Waals surface area contributed by atoms with Gasteiger partial charge in [-0.3, -0.25) is 9.36 Å². The van der Waals surface area contributed by atoms with E-state index in [-0.39, 0.29) is 23.8 Å². The lowest BCUT2D eigenvalue weighted by Crippen LogP contribution is -2.40. The molecule has 0 saturated carbocycles. The maximum Gasteiger partial charge on any atom is 0.338 e. The first kappa shape index (κ1) is 35.5. The largest absolute Gasteiger partial charge is 0.493 e. The molecule has 1 aliphatic heterocycles. The van der Waals surface area contributed by atoms with E-state index >= 15 is 0 Å². The summed E-state index contributed by atoms with van der Waals surface area (Å²) >= 11 is 9.49. The molecule has 0 bridgehead atoms. The molecular weight excluding hydrogens is 767 g/mol. The van der Waals surface area contributed by atoms with Gasteiger partial charge >= 0.3 is 5.97 Å². The summed E-state index contributed by atoms with van der Waals surface area (Å²) in [5, 5.41) is 0.658. The molecule has 1 aliphatic rings. The number of rotatable bonds is 12. The van der Waals surface area contributed by atoms with E-state index in [1.165, 1.54) is 11.3 Å². The van der Waals surface area contributed by atoms with Crippen LogP contribution in [0.4, 0.5) is 0 Å². The van der Waals surface area contributed by atoms with Crippen molar-refractivity contribution in [3.05, 3.63) is 111 Å². The number of carbonyl (C=O) groups is 1. The van der Waals surface area contributed by atoms with Gasteiger partial charge in [-0.2, -0.15) is 0 Å². The minimum atomic E-state index is -0.799. The van der Waals surface area contributed by atoms with Gasteiger partial charge in [0.15, 0.2) is 27.8 Å². The van der Waals surface area contributed by atoms with Crippen LogP contribution in [0.2, 0.25) is 5.02 Å². The van der Waals surface area contributed by atoms with Crippen LogP contribution in [0.1, 0.15) is 57.4 Å². The van der Waals surface area contributed by atoms with Gasteiger partial charge in [0.05, 0.1) is 51.8 Å². The Hall–Kier alpha value is -3.81. The summed E-state index contributed by atoms with van der Waals surface area (Å²) in [6.07, 6.45) is 1.73. The van der Waals surface area contributed by atoms with Gasteiger partial charge in [0.25, 0.3) is 5.56 Å². The summed E-state index contributed by atoms with van der Waals surface area (Å²) in [5.41, 5.74) is 2.84. The number of thiazole rings is 1. The molecule has 4 aromatic rings. The quantitative estimate of drug-likeness (QED) is 0.115. The summed E-state index contributed by atoms with van der Waals surface area (Å²) in [6, 6.07) is 15.9. The van der Waals surface area contributed by atoms with Crippen molar-refractivity contribution in [3.63, 3.8) is 0 Å². The zero-order chi connectivity index (χ0) is 34.5. The average molecular weight is 803 g/mol. The smallest absolute Gasteiger partial charge is 0.338 e. The van der Waals surface area contributed by atoms with Gasteiger partial charge in [-0.15, -0.1) is 0 Å². The van der Waals surface area contributed by atoms with Gasteiger partial charge < -0.3 is 23.7 Å². The average Bonchev–Trinajstić information content (AvgIpc) is 3.34. The molecule has 0 radical (unpaired) electrons. The number of halogens is 2. The van der Waals surface area contributed by atoms with Gasteiger partial charge in [0.2, 0.25) is 0 Å². The fourth-order valence-electron chi connectivity index (χ4n) is 5.27. The first-order chi connectivity index (χ1) is 23.0. The number of ether oxygens (including phenoxy) is 5. The van der Waals surface area contributed by atoms with E-state index in [4.69, 9.17) is 40.3 Å². The fraction of sp³-hybridized carbons (Fsp3) is 0.306. The van der Waals surface area contributed by atoms with Crippen LogP contribution >= 0.6 is 45.5 Å². The van der Waals surface area contributed by atoms with E-state index in [1.54, 1.807) is 43.7 Å².